The summed E-state index contributed by atoms with van der Waals surface area (Å²) in [7, 11) is 0. The molecule has 20 heavy (non-hydrogen) atoms. The van der Waals surface area contributed by atoms with Gasteiger partial charge < -0.3 is 10.1 Å². The predicted octanol–water partition coefficient (Wildman–Crippen LogP) is 5.10. The molecule has 1 N–H and O–H groups in total. The number of halogens is 1. The minimum atomic E-state index is 0.536. The molecule has 106 valence electrons. The molecule has 2 rings (SSSR count). The summed E-state index contributed by atoms with van der Waals surface area (Å²) in [5.74, 6) is 1.45. The van der Waals surface area contributed by atoms with E-state index in [0.717, 1.165) is 29.1 Å². The summed E-state index contributed by atoms with van der Waals surface area (Å²) in [4.78, 5) is 0. The van der Waals surface area contributed by atoms with Crippen LogP contribution in [0.1, 0.15) is 19.4 Å². The topological polar surface area (TPSA) is 21.3 Å². The molecule has 0 saturated heterocycles. The van der Waals surface area contributed by atoms with Crippen molar-refractivity contribution in [3.05, 3.63) is 58.6 Å². The van der Waals surface area contributed by atoms with Crippen molar-refractivity contribution in [1.29, 1.82) is 0 Å². The number of anilines is 1. The Morgan fingerprint density at radius 3 is 2.55 bits per heavy atom. The summed E-state index contributed by atoms with van der Waals surface area (Å²) in [6.45, 7) is 5.85. The van der Waals surface area contributed by atoms with Crippen molar-refractivity contribution < 1.29 is 4.74 Å². The van der Waals surface area contributed by atoms with Crippen molar-refractivity contribution in [3.63, 3.8) is 0 Å². The minimum absolute atomic E-state index is 0.536. The highest BCUT2D eigenvalue weighted by Crippen LogP contribution is 2.19. The summed E-state index contributed by atoms with van der Waals surface area (Å²) < 4.78 is 6.83. The second kappa shape index (κ2) is 7.34. The third kappa shape index (κ3) is 4.89. The number of benzene rings is 2. The quantitative estimate of drug-likeness (QED) is 0.794. The van der Waals surface area contributed by atoms with E-state index in [4.69, 9.17) is 4.74 Å². The highest BCUT2D eigenvalue weighted by molar-refractivity contribution is 9.10. The van der Waals surface area contributed by atoms with Gasteiger partial charge in [0.1, 0.15) is 5.75 Å². The van der Waals surface area contributed by atoms with E-state index in [1.165, 1.54) is 5.56 Å². The monoisotopic (exact) mass is 333 g/mol. The van der Waals surface area contributed by atoms with Crippen LogP contribution in [0.2, 0.25) is 0 Å². The van der Waals surface area contributed by atoms with Gasteiger partial charge in [0.15, 0.2) is 0 Å². The molecule has 0 saturated carbocycles. The van der Waals surface area contributed by atoms with Crippen LogP contribution in [-0.2, 0) is 6.54 Å². The largest absolute Gasteiger partial charge is 0.493 e. The molecule has 2 aromatic carbocycles. The van der Waals surface area contributed by atoms with Crippen molar-refractivity contribution in [2.24, 2.45) is 5.92 Å². The maximum atomic E-state index is 5.73. The predicted molar refractivity (Wildman–Crippen MR) is 88.2 cm³/mol. The van der Waals surface area contributed by atoms with Crippen molar-refractivity contribution in [2.75, 3.05) is 11.9 Å². The minimum Gasteiger partial charge on any atom is -0.493 e. The van der Waals surface area contributed by atoms with Gasteiger partial charge in [-0.25, -0.2) is 0 Å². The first kappa shape index (κ1) is 14.9. The molecular formula is C17H20BrNO. The number of hydrogen-bond donors (Lipinski definition) is 1. The molecule has 0 aliphatic rings. The molecule has 0 atom stereocenters. The summed E-state index contributed by atoms with van der Waals surface area (Å²) in [5, 5.41) is 3.41. The van der Waals surface area contributed by atoms with Crippen molar-refractivity contribution in [1.82, 2.24) is 0 Å². The van der Waals surface area contributed by atoms with Crippen LogP contribution in [0.4, 0.5) is 5.69 Å². The van der Waals surface area contributed by atoms with Gasteiger partial charge in [-0.05, 0) is 35.7 Å². The van der Waals surface area contributed by atoms with E-state index in [0.29, 0.717) is 5.92 Å². The van der Waals surface area contributed by atoms with Gasteiger partial charge in [0.05, 0.1) is 6.61 Å². The molecule has 3 heteroatoms. The fourth-order valence-electron chi connectivity index (χ4n) is 1.77. The fourth-order valence-corrected chi connectivity index (χ4v) is 2.03. The zero-order valence-corrected chi connectivity index (χ0v) is 13.5. The lowest BCUT2D eigenvalue weighted by Crippen LogP contribution is -2.05. The molecule has 0 radical (unpaired) electrons. The average molecular weight is 334 g/mol. The van der Waals surface area contributed by atoms with Gasteiger partial charge in [0.2, 0.25) is 0 Å². The molecule has 0 aliphatic heterocycles. The molecule has 0 unspecified atom stereocenters. The molecule has 0 aliphatic carbocycles. The fraction of sp³-hybridized carbons (Fsp3) is 0.294. The van der Waals surface area contributed by atoms with Gasteiger partial charge >= 0.3 is 0 Å². The van der Waals surface area contributed by atoms with Gasteiger partial charge in [-0.1, -0.05) is 48.0 Å². The Morgan fingerprint density at radius 2 is 1.85 bits per heavy atom. The molecule has 0 heterocycles. The van der Waals surface area contributed by atoms with E-state index >= 15 is 0 Å². The first-order valence-electron chi connectivity index (χ1n) is 6.84. The standard InChI is InChI=1S/C17H20BrNO/c1-13(2)12-20-17-5-3-4-16(10-17)19-11-14-6-8-15(18)9-7-14/h3-10,13,19H,11-12H2,1-2H3. The van der Waals surface area contributed by atoms with Crippen LogP contribution in [0, 0.1) is 5.92 Å². The van der Waals surface area contributed by atoms with E-state index < -0.39 is 0 Å². The Morgan fingerprint density at radius 1 is 1.10 bits per heavy atom. The number of nitrogens with one attached hydrogen (secondary N) is 1. The van der Waals surface area contributed by atoms with Crippen molar-refractivity contribution in [2.45, 2.75) is 20.4 Å². The molecular weight excluding hydrogens is 314 g/mol. The molecule has 0 aromatic heterocycles. The highest BCUT2D eigenvalue weighted by atomic mass is 79.9. The third-order valence-electron chi connectivity index (χ3n) is 2.83. The normalized spacial score (nSPS) is 10.6. The maximum Gasteiger partial charge on any atom is 0.121 e. The Bertz CT molecular complexity index is 537. The van der Waals surface area contributed by atoms with Gasteiger partial charge in [-0.3, -0.25) is 0 Å². The third-order valence-corrected chi connectivity index (χ3v) is 3.36. The first-order valence-corrected chi connectivity index (χ1v) is 7.64. The van der Waals surface area contributed by atoms with E-state index in [9.17, 15) is 0 Å². The van der Waals surface area contributed by atoms with Gasteiger partial charge in [0.25, 0.3) is 0 Å². The summed E-state index contributed by atoms with van der Waals surface area (Å²) >= 11 is 3.44. The lowest BCUT2D eigenvalue weighted by atomic mass is 10.2. The zero-order valence-electron chi connectivity index (χ0n) is 11.9. The Labute approximate surface area is 129 Å². The SMILES string of the molecule is CC(C)COc1cccc(NCc2ccc(Br)cc2)c1. The van der Waals surface area contributed by atoms with Crippen molar-refractivity contribution >= 4 is 21.6 Å². The van der Waals surface area contributed by atoms with E-state index in [1.54, 1.807) is 0 Å². The van der Waals surface area contributed by atoms with Crippen LogP contribution >= 0.6 is 15.9 Å². The number of ether oxygens (including phenoxy) is 1. The highest BCUT2D eigenvalue weighted by Gasteiger charge is 1.99. The molecule has 2 nitrogen and oxygen atoms in total. The van der Waals surface area contributed by atoms with Gasteiger partial charge in [-0.2, -0.15) is 0 Å². The molecule has 0 bridgehead atoms. The maximum absolute atomic E-state index is 5.73. The van der Waals surface area contributed by atoms with Crippen LogP contribution < -0.4 is 10.1 Å². The van der Waals surface area contributed by atoms with Crippen molar-refractivity contribution in [3.8, 4) is 5.75 Å². The van der Waals surface area contributed by atoms with Crippen LogP contribution in [-0.4, -0.2) is 6.61 Å². The molecule has 0 fully saturated rings. The van der Waals surface area contributed by atoms with Crippen LogP contribution in [0.5, 0.6) is 5.75 Å². The molecule has 0 spiro atoms. The molecule has 2 aromatic rings. The Kier molecular flexibility index (Phi) is 5.48. The van der Waals surface area contributed by atoms with Gasteiger partial charge in [-0.15, -0.1) is 0 Å². The zero-order chi connectivity index (χ0) is 14.4. The first-order chi connectivity index (χ1) is 9.63. The molecule has 0 amide bonds. The second-order valence-electron chi connectivity index (χ2n) is 5.21. The lowest BCUT2D eigenvalue weighted by Gasteiger charge is -2.11. The smallest absolute Gasteiger partial charge is 0.121 e. The Balaban J connectivity index is 1.92. The summed E-state index contributed by atoms with van der Waals surface area (Å²) in [5.41, 5.74) is 2.33. The van der Waals surface area contributed by atoms with E-state index in [2.05, 4.69) is 65.4 Å². The number of rotatable bonds is 6. The second-order valence-corrected chi connectivity index (χ2v) is 6.13. The van der Waals surface area contributed by atoms with Crippen LogP contribution in [0.3, 0.4) is 0 Å². The summed E-state index contributed by atoms with van der Waals surface area (Å²) in [6.07, 6.45) is 0. The van der Waals surface area contributed by atoms with Crippen LogP contribution in [0.15, 0.2) is 53.0 Å². The van der Waals surface area contributed by atoms with E-state index in [-0.39, 0.29) is 0 Å². The number of hydrogen-bond acceptors (Lipinski definition) is 2. The average Bonchev–Trinajstić information content (AvgIpc) is 2.45. The lowest BCUT2D eigenvalue weighted by molar-refractivity contribution is 0.271. The van der Waals surface area contributed by atoms with Crippen LogP contribution in [0.25, 0.3) is 0 Å². The van der Waals surface area contributed by atoms with Gasteiger partial charge in [0, 0.05) is 22.8 Å². The van der Waals surface area contributed by atoms with E-state index in [1.807, 2.05) is 18.2 Å². The summed E-state index contributed by atoms with van der Waals surface area (Å²) in [6, 6.07) is 16.4. The Hall–Kier alpha value is -1.48.